The lowest BCUT2D eigenvalue weighted by Gasteiger charge is -2.40. The molecule has 0 aliphatic carbocycles. The van der Waals surface area contributed by atoms with E-state index in [1.165, 1.54) is 0 Å². The summed E-state index contributed by atoms with van der Waals surface area (Å²) in [6.07, 6.45) is 4.06. The number of rotatable bonds is 14. The molecule has 3 amide bonds. The largest absolute Gasteiger partial charge is 0.494 e. The van der Waals surface area contributed by atoms with Gasteiger partial charge in [0.2, 0.25) is 11.8 Å². The van der Waals surface area contributed by atoms with E-state index < -0.39 is 35.1 Å². The van der Waals surface area contributed by atoms with Gasteiger partial charge in [-0.1, -0.05) is 61.5 Å². The van der Waals surface area contributed by atoms with Crippen molar-refractivity contribution < 1.29 is 29.0 Å². The quantitative estimate of drug-likeness (QED) is 0.205. The molecule has 52 heavy (non-hydrogen) atoms. The molecule has 9 heteroatoms. The maximum atomic E-state index is 15.4. The van der Waals surface area contributed by atoms with Crippen molar-refractivity contribution >= 4 is 29.1 Å². The van der Waals surface area contributed by atoms with E-state index in [2.05, 4.69) is 13.2 Å². The molecule has 0 saturated carbocycles. The fourth-order valence-electron chi connectivity index (χ4n) is 8.96. The number of amides is 3. The van der Waals surface area contributed by atoms with E-state index in [-0.39, 0.29) is 43.3 Å². The average Bonchev–Trinajstić information content (AvgIpc) is 3.66. The number of carbonyl (C=O) groups is 3. The Morgan fingerprint density at radius 2 is 1.69 bits per heavy atom. The summed E-state index contributed by atoms with van der Waals surface area (Å²) in [5, 5.41) is 11.0. The highest BCUT2D eigenvalue weighted by Crippen LogP contribution is 2.66. The molecule has 0 aromatic heterocycles. The average molecular weight is 706 g/mol. The number of ether oxygens (including phenoxy) is 2. The normalized spacial score (nSPS) is 26.5. The van der Waals surface area contributed by atoms with Gasteiger partial charge in [0.05, 0.1) is 36.7 Å². The van der Waals surface area contributed by atoms with Gasteiger partial charge >= 0.3 is 0 Å². The van der Waals surface area contributed by atoms with Gasteiger partial charge in [-0.3, -0.25) is 14.4 Å². The molecule has 1 spiro atoms. The molecule has 3 aromatic rings. The lowest BCUT2D eigenvalue weighted by molar-refractivity contribution is -0.149. The third-order valence-electron chi connectivity index (χ3n) is 11.4. The van der Waals surface area contributed by atoms with E-state index in [0.717, 1.165) is 16.7 Å². The van der Waals surface area contributed by atoms with Crippen LogP contribution in [-0.2, 0) is 25.5 Å². The minimum Gasteiger partial charge on any atom is -0.494 e. The van der Waals surface area contributed by atoms with Crippen LogP contribution >= 0.6 is 0 Å². The van der Waals surface area contributed by atoms with Gasteiger partial charge in [0.15, 0.2) is 0 Å². The van der Waals surface area contributed by atoms with Gasteiger partial charge in [-0.05, 0) is 93.5 Å². The molecule has 1 N–H and O–H groups in total. The number of fused-ring (bicyclic) bond motifs is 1. The molecule has 3 aliphatic heterocycles. The van der Waals surface area contributed by atoms with Crippen LogP contribution in [0.3, 0.4) is 0 Å². The molecule has 3 fully saturated rings. The van der Waals surface area contributed by atoms with Crippen molar-refractivity contribution in [1.82, 2.24) is 4.90 Å². The van der Waals surface area contributed by atoms with E-state index >= 15 is 14.4 Å². The fourth-order valence-corrected chi connectivity index (χ4v) is 8.96. The Labute approximate surface area is 307 Å². The fraction of sp³-hybridized carbons (Fsp3) is 0.419. The van der Waals surface area contributed by atoms with Crippen molar-refractivity contribution in [3.8, 4) is 5.75 Å². The number of nitrogens with zero attached hydrogens (tertiary/aromatic N) is 3. The van der Waals surface area contributed by atoms with Crippen LogP contribution in [-0.4, -0.2) is 77.3 Å². The maximum Gasteiger partial charge on any atom is 0.253 e. The van der Waals surface area contributed by atoms with Gasteiger partial charge in [-0.2, -0.15) is 0 Å². The Hall–Kier alpha value is -4.73. The van der Waals surface area contributed by atoms with Gasteiger partial charge in [-0.15, -0.1) is 13.2 Å². The lowest BCUT2D eigenvalue weighted by Crippen LogP contribution is -2.59. The molecule has 3 aliphatic rings. The van der Waals surface area contributed by atoms with Crippen LogP contribution in [0.1, 0.15) is 43.9 Å². The SMILES string of the molecule is C=CCN(C(=O)[C@@H]1[C@H]2C(=O)N([C@@H](CO)Cc3ccccc3)C(C(=O)N(CC=C)c3cc(C)ccc3C)C23CC(C)[C@@]1(C)O3)c1ccc(OCC)cc1. The first-order valence-electron chi connectivity index (χ1n) is 18.3. The summed E-state index contributed by atoms with van der Waals surface area (Å²) in [4.78, 5) is 50.6. The number of aliphatic hydroxyl groups excluding tert-OH is 1. The summed E-state index contributed by atoms with van der Waals surface area (Å²) >= 11 is 0. The summed E-state index contributed by atoms with van der Waals surface area (Å²) in [5.74, 6) is -2.29. The van der Waals surface area contributed by atoms with E-state index in [0.29, 0.717) is 36.6 Å². The van der Waals surface area contributed by atoms with Gasteiger partial charge in [-0.25, -0.2) is 0 Å². The molecular formula is C43H51N3O6. The van der Waals surface area contributed by atoms with Crippen LogP contribution in [0.25, 0.3) is 0 Å². The lowest BCUT2D eigenvalue weighted by atomic mass is 9.62. The summed E-state index contributed by atoms with van der Waals surface area (Å²) < 4.78 is 12.8. The highest BCUT2D eigenvalue weighted by atomic mass is 16.5. The molecule has 2 bridgehead atoms. The van der Waals surface area contributed by atoms with Crippen molar-refractivity contribution in [3.05, 3.63) is 115 Å². The Balaban J connectivity index is 1.49. The van der Waals surface area contributed by atoms with Gasteiger partial charge in [0, 0.05) is 24.5 Å². The first-order valence-corrected chi connectivity index (χ1v) is 18.3. The van der Waals surface area contributed by atoms with Crippen LogP contribution in [0.2, 0.25) is 0 Å². The van der Waals surface area contributed by atoms with E-state index in [1.807, 2.05) is 107 Å². The standard InChI is InChI=1S/C43H51N3O6/c1-8-22-44(32-18-20-34(21-19-32)51-10-3)39(48)36-37-40(49)46(33(27-47)25-31-14-12-11-13-15-31)38(43(37)26-30(6)42(36,7)52-43)41(50)45(23-9-2)35-24-28(4)16-17-29(35)5/h8-9,11-21,24,30,33,36-38,47H,1-2,10,22-23,25-27H2,3-7H3/t30?,33-,36+,37+,38?,42-,43?/m1/s1. The van der Waals surface area contributed by atoms with Crippen LogP contribution in [0.4, 0.5) is 11.4 Å². The number of aryl methyl sites for hydroxylation is 2. The number of anilines is 2. The van der Waals surface area contributed by atoms with Crippen LogP contribution in [0, 0.1) is 31.6 Å². The first-order chi connectivity index (χ1) is 24.9. The highest BCUT2D eigenvalue weighted by Gasteiger charge is 2.80. The molecule has 9 nitrogen and oxygen atoms in total. The van der Waals surface area contributed by atoms with E-state index in [9.17, 15) is 5.11 Å². The molecule has 274 valence electrons. The van der Waals surface area contributed by atoms with Crippen molar-refractivity contribution in [3.63, 3.8) is 0 Å². The summed E-state index contributed by atoms with van der Waals surface area (Å²) in [7, 11) is 0. The smallest absolute Gasteiger partial charge is 0.253 e. The van der Waals surface area contributed by atoms with Crippen molar-refractivity contribution in [2.24, 2.45) is 17.8 Å². The Bertz CT molecular complexity index is 1830. The third-order valence-corrected chi connectivity index (χ3v) is 11.4. The van der Waals surface area contributed by atoms with Crippen molar-refractivity contribution in [2.45, 2.75) is 70.7 Å². The molecule has 3 saturated heterocycles. The minimum absolute atomic E-state index is 0.165. The topological polar surface area (TPSA) is 99.6 Å². The van der Waals surface area contributed by atoms with Crippen LogP contribution in [0.15, 0.2) is 98.1 Å². The Kier molecular flexibility index (Phi) is 10.5. The van der Waals surface area contributed by atoms with E-state index in [4.69, 9.17) is 9.47 Å². The van der Waals surface area contributed by atoms with Gasteiger partial charge in [0.1, 0.15) is 17.4 Å². The molecule has 3 aromatic carbocycles. The minimum atomic E-state index is -1.32. The molecule has 3 heterocycles. The van der Waals surface area contributed by atoms with Crippen LogP contribution in [0.5, 0.6) is 5.75 Å². The third kappa shape index (κ3) is 6.13. The predicted molar refractivity (Wildman–Crippen MR) is 203 cm³/mol. The second-order valence-electron chi connectivity index (χ2n) is 14.7. The number of hydrogen-bond donors (Lipinski definition) is 1. The summed E-state index contributed by atoms with van der Waals surface area (Å²) in [6, 6.07) is 21.0. The zero-order chi connectivity index (χ0) is 37.4. The second kappa shape index (κ2) is 14.7. The number of hydrogen-bond acceptors (Lipinski definition) is 6. The first kappa shape index (κ1) is 37.0. The molecule has 7 atom stereocenters. The Morgan fingerprint density at radius 3 is 2.33 bits per heavy atom. The van der Waals surface area contributed by atoms with Gasteiger partial charge < -0.3 is 29.3 Å². The zero-order valence-corrected chi connectivity index (χ0v) is 31.0. The number of likely N-dealkylation sites (tertiary alicyclic amines) is 1. The molecule has 6 rings (SSSR count). The number of benzene rings is 3. The molecular weight excluding hydrogens is 654 g/mol. The number of aliphatic hydroxyl groups is 1. The maximum absolute atomic E-state index is 15.4. The van der Waals surface area contributed by atoms with Crippen molar-refractivity contribution in [2.75, 3.05) is 36.1 Å². The monoisotopic (exact) mass is 705 g/mol. The van der Waals surface area contributed by atoms with Crippen LogP contribution < -0.4 is 14.5 Å². The van der Waals surface area contributed by atoms with E-state index in [1.54, 1.807) is 26.9 Å². The summed E-state index contributed by atoms with van der Waals surface area (Å²) in [6.45, 7) is 18.2. The van der Waals surface area contributed by atoms with Gasteiger partial charge in [0.25, 0.3) is 5.91 Å². The zero-order valence-electron chi connectivity index (χ0n) is 31.0. The predicted octanol–water partition coefficient (Wildman–Crippen LogP) is 6.05. The Morgan fingerprint density at radius 1 is 1.02 bits per heavy atom. The highest BCUT2D eigenvalue weighted by molar-refractivity contribution is 6.07. The molecule has 3 unspecified atom stereocenters. The van der Waals surface area contributed by atoms with Crippen molar-refractivity contribution in [1.29, 1.82) is 0 Å². The molecule has 0 radical (unpaired) electrons. The summed E-state index contributed by atoms with van der Waals surface area (Å²) in [5.41, 5.74) is 1.80. The second-order valence-corrected chi connectivity index (χ2v) is 14.7. The number of carbonyl (C=O) groups excluding carboxylic acids is 3.